The predicted molar refractivity (Wildman–Crippen MR) is 54.1 cm³/mol. The highest BCUT2D eigenvalue weighted by molar-refractivity contribution is 5.67. The summed E-state index contributed by atoms with van der Waals surface area (Å²) < 4.78 is 55.2. The topological polar surface area (TPSA) is 46.5 Å². The minimum absolute atomic E-state index is 0.516. The standard InChI is InChI=1S/C11H10F4O3/c12-7(5-10(16)17)6-18-9-4-2-1-3-8(9)11(13,14)15/h1-4,7H,5-6H2,(H,16,17). The molecule has 3 nitrogen and oxygen atoms in total. The van der Waals surface area contributed by atoms with Gasteiger partial charge in [0.1, 0.15) is 18.5 Å². The van der Waals surface area contributed by atoms with Crippen molar-refractivity contribution in [2.45, 2.75) is 18.8 Å². The fourth-order valence-corrected chi connectivity index (χ4v) is 1.26. The highest BCUT2D eigenvalue weighted by Crippen LogP contribution is 2.35. The van der Waals surface area contributed by atoms with E-state index in [-0.39, 0.29) is 0 Å². The minimum Gasteiger partial charge on any atom is -0.490 e. The Bertz CT molecular complexity index is 417. The summed E-state index contributed by atoms with van der Waals surface area (Å²) in [4.78, 5) is 10.2. The van der Waals surface area contributed by atoms with Gasteiger partial charge in [-0.25, -0.2) is 4.39 Å². The summed E-state index contributed by atoms with van der Waals surface area (Å²) in [5, 5.41) is 8.29. The molecule has 0 fully saturated rings. The highest BCUT2D eigenvalue weighted by atomic mass is 19.4. The first-order chi connectivity index (χ1) is 8.30. The molecule has 7 heteroatoms. The number of carboxylic acid groups (broad SMARTS) is 1. The lowest BCUT2D eigenvalue weighted by atomic mass is 10.2. The normalized spacial score (nSPS) is 13.1. The maximum absolute atomic E-state index is 13.0. The summed E-state index contributed by atoms with van der Waals surface area (Å²) in [6.45, 7) is -0.737. The van der Waals surface area contributed by atoms with E-state index < -0.39 is 42.7 Å². The molecule has 1 N–H and O–H groups in total. The average molecular weight is 266 g/mol. The fourth-order valence-electron chi connectivity index (χ4n) is 1.26. The fraction of sp³-hybridized carbons (Fsp3) is 0.364. The molecular weight excluding hydrogens is 256 g/mol. The molecule has 1 rings (SSSR count). The molecule has 0 heterocycles. The summed E-state index contributed by atoms with van der Waals surface area (Å²) in [6, 6.07) is 4.35. The van der Waals surface area contributed by atoms with E-state index in [1.807, 2.05) is 0 Å². The molecule has 1 unspecified atom stereocenters. The molecule has 100 valence electrons. The second kappa shape index (κ2) is 5.70. The van der Waals surface area contributed by atoms with Gasteiger partial charge in [-0.2, -0.15) is 13.2 Å². The summed E-state index contributed by atoms with van der Waals surface area (Å²) in [5.41, 5.74) is -1.02. The molecule has 0 amide bonds. The van der Waals surface area contributed by atoms with Crippen molar-refractivity contribution in [3.63, 3.8) is 0 Å². The maximum atomic E-state index is 13.0. The lowest BCUT2D eigenvalue weighted by Crippen LogP contribution is -2.18. The van der Waals surface area contributed by atoms with Gasteiger partial charge in [-0.1, -0.05) is 12.1 Å². The molecule has 0 bridgehead atoms. The second-order valence-electron chi connectivity index (χ2n) is 3.50. The largest absolute Gasteiger partial charge is 0.490 e. The first kappa shape index (κ1) is 14.3. The van der Waals surface area contributed by atoms with Gasteiger partial charge in [-0.15, -0.1) is 0 Å². The van der Waals surface area contributed by atoms with Gasteiger partial charge in [-0.3, -0.25) is 4.79 Å². The lowest BCUT2D eigenvalue weighted by molar-refractivity contribution is -0.140. The van der Waals surface area contributed by atoms with Crippen LogP contribution in [-0.4, -0.2) is 23.9 Å². The number of hydrogen-bond acceptors (Lipinski definition) is 2. The van der Waals surface area contributed by atoms with Crippen LogP contribution >= 0.6 is 0 Å². The van der Waals surface area contributed by atoms with Crippen LogP contribution in [-0.2, 0) is 11.0 Å². The van der Waals surface area contributed by atoms with Crippen molar-refractivity contribution in [3.8, 4) is 5.75 Å². The molecule has 18 heavy (non-hydrogen) atoms. The van der Waals surface area contributed by atoms with Gasteiger partial charge in [0.25, 0.3) is 0 Å². The Labute approximate surface area is 100.0 Å². The molecule has 0 aliphatic heterocycles. The van der Waals surface area contributed by atoms with Gasteiger partial charge in [-0.05, 0) is 12.1 Å². The Morgan fingerprint density at radius 2 is 1.94 bits per heavy atom. The minimum atomic E-state index is -4.60. The van der Waals surface area contributed by atoms with E-state index >= 15 is 0 Å². The van der Waals surface area contributed by atoms with Crippen LogP contribution in [0.5, 0.6) is 5.75 Å². The molecule has 0 aliphatic carbocycles. The number of aliphatic carboxylic acids is 1. The molecule has 1 atom stereocenters. The summed E-state index contributed by atoms with van der Waals surface area (Å²) >= 11 is 0. The number of hydrogen-bond donors (Lipinski definition) is 1. The zero-order valence-corrected chi connectivity index (χ0v) is 9.08. The van der Waals surface area contributed by atoms with Crippen molar-refractivity contribution in [1.29, 1.82) is 0 Å². The van der Waals surface area contributed by atoms with Gasteiger partial charge < -0.3 is 9.84 Å². The zero-order chi connectivity index (χ0) is 13.8. The predicted octanol–water partition coefficient (Wildman–Crippen LogP) is 2.90. The third kappa shape index (κ3) is 4.23. The van der Waals surface area contributed by atoms with E-state index in [1.54, 1.807) is 0 Å². The van der Waals surface area contributed by atoms with Crippen LogP contribution < -0.4 is 4.74 Å². The monoisotopic (exact) mass is 266 g/mol. The van der Waals surface area contributed by atoms with Crippen LogP contribution in [0, 0.1) is 0 Å². The SMILES string of the molecule is O=C(O)CC(F)COc1ccccc1C(F)(F)F. The maximum Gasteiger partial charge on any atom is 0.419 e. The van der Waals surface area contributed by atoms with Crippen LogP contribution in [0.1, 0.15) is 12.0 Å². The van der Waals surface area contributed by atoms with Crippen LogP contribution in [0.25, 0.3) is 0 Å². The smallest absolute Gasteiger partial charge is 0.419 e. The zero-order valence-electron chi connectivity index (χ0n) is 9.08. The molecule has 0 saturated carbocycles. The number of carbonyl (C=O) groups is 1. The van der Waals surface area contributed by atoms with E-state index in [0.717, 1.165) is 12.1 Å². The van der Waals surface area contributed by atoms with E-state index in [2.05, 4.69) is 4.74 Å². The van der Waals surface area contributed by atoms with Gasteiger partial charge >= 0.3 is 12.1 Å². The lowest BCUT2D eigenvalue weighted by Gasteiger charge is -2.14. The summed E-state index contributed by atoms with van der Waals surface area (Å²) in [7, 11) is 0. The van der Waals surface area contributed by atoms with E-state index in [0.29, 0.717) is 0 Å². The van der Waals surface area contributed by atoms with Crippen molar-refractivity contribution in [2.24, 2.45) is 0 Å². The van der Waals surface area contributed by atoms with Crippen molar-refractivity contribution in [3.05, 3.63) is 29.8 Å². The molecule has 0 radical (unpaired) electrons. The number of para-hydroxylation sites is 1. The van der Waals surface area contributed by atoms with Gasteiger partial charge in [0.05, 0.1) is 12.0 Å². The van der Waals surface area contributed by atoms with Crippen molar-refractivity contribution in [2.75, 3.05) is 6.61 Å². The van der Waals surface area contributed by atoms with Gasteiger partial charge in [0.15, 0.2) is 0 Å². The van der Waals surface area contributed by atoms with Gasteiger partial charge in [0.2, 0.25) is 0 Å². The van der Waals surface area contributed by atoms with Crippen LogP contribution in [0.2, 0.25) is 0 Å². The number of carboxylic acids is 1. The summed E-state index contributed by atoms with van der Waals surface area (Å²) in [6.07, 6.45) is -7.27. The Kier molecular flexibility index (Phi) is 4.52. The summed E-state index contributed by atoms with van der Waals surface area (Å²) in [5.74, 6) is -1.90. The Hall–Kier alpha value is -1.79. The Morgan fingerprint density at radius 3 is 2.50 bits per heavy atom. The van der Waals surface area contributed by atoms with E-state index in [1.165, 1.54) is 12.1 Å². The van der Waals surface area contributed by atoms with Gasteiger partial charge in [0, 0.05) is 0 Å². The third-order valence-corrected chi connectivity index (χ3v) is 2.01. The first-order valence-electron chi connectivity index (χ1n) is 4.95. The van der Waals surface area contributed by atoms with Crippen LogP contribution in [0.15, 0.2) is 24.3 Å². The highest BCUT2D eigenvalue weighted by Gasteiger charge is 2.34. The van der Waals surface area contributed by atoms with E-state index in [9.17, 15) is 22.4 Å². The van der Waals surface area contributed by atoms with Crippen molar-refractivity contribution in [1.82, 2.24) is 0 Å². The quantitative estimate of drug-likeness (QED) is 0.833. The molecule has 0 aliphatic rings. The molecule has 0 spiro atoms. The average Bonchev–Trinajstić information content (AvgIpc) is 2.24. The van der Waals surface area contributed by atoms with Crippen molar-refractivity contribution >= 4 is 5.97 Å². The van der Waals surface area contributed by atoms with Crippen LogP contribution in [0.4, 0.5) is 17.6 Å². The Balaban J connectivity index is 2.71. The van der Waals surface area contributed by atoms with Crippen LogP contribution in [0.3, 0.4) is 0 Å². The molecule has 0 saturated heterocycles. The molecule has 0 aromatic heterocycles. The van der Waals surface area contributed by atoms with Crippen molar-refractivity contribution < 1.29 is 32.2 Å². The number of rotatable bonds is 5. The Morgan fingerprint density at radius 1 is 1.33 bits per heavy atom. The first-order valence-corrected chi connectivity index (χ1v) is 4.95. The number of halogens is 4. The second-order valence-corrected chi connectivity index (χ2v) is 3.50. The molecule has 1 aromatic rings. The number of ether oxygens (including phenoxy) is 1. The third-order valence-electron chi connectivity index (χ3n) is 2.01. The van der Waals surface area contributed by atoms with E-state index in [4.69, 9.17) is 5.11 Å². The number of alkyl halides is 4. The molecular formula is C11H10F4O3. The number of benzene rings is 1. The molecule has 1 aromatic carbocycles.